The summed E-state index contributed by atoms with van der Waals surface area (Å²) in [6, 6.07) is 23.2. The molecule has 1 aliphatic carbocycles. The van der Waals surface area contributed by atoms with Crippen molar-refractivity contribution in [1.29, 1.82) is 0 Å². The van der Waals surface area contributed by atoms with E-state index in [9.17, 15) is 13.2 Å². The summed E-state index contributed by atoms with van der Waals surface area (Å²) in [5, 5.41) is 3.10. The number of nitrogens with one attached hydrogen (secondary N) is 1. The first-order valence-corrected chi connectivity index (χ1v) is 11.4. The Hall–Kier alpha value is -3.12. The smallest absolute Gasteiger partial charge is 0.264 e. The SMILES string of the molecule is CN(c1ccccc1)S(=O)(=O)c1ccc(C(=O)N[C@H]2CCCc3ccccc32)cc1. The van der Waals surface area contributed by atoms with E-state index in [-0.39, 0.29) is 16.8 Å². The minimum atomic E-state index is -3.70. The number of sulfonamides is 1. The Morgan fingerprint density at radius 1 is 0.933 bits per heavy atom. The van der Waals surface area contributed by atoms with Gasteiger partial charge in [0, 0.05) is 12.6 Å². The van der Waals surface area contributed by atoms with Gasteiger partial charge in [0.15, 0.2) is 0 Å². The first-order valence-electron chi connectivity index (χ1n) is 9.99. The van der Waals surface area contributed by atoms with E-state index >= 15 is 0 Å². The average Bonchev–Trinajstić information content (AvgIpc) is 2.79. The molecule has 0 unspecified atom stereocenters. The molecule has 154 valence electrons. The van der Waals surface area contributed by atoms with Crippen LogP contribution < -0.4 is 9.62 Å². The first-order chi connectivity index (χ1) is 14.5. The second kappa shape index (κ2) is 8.32. The van der Waals surface area contributed by atoms with Crippen molar-refractivity contribution in [2.24, 2.45) is 0 Å². The molecular formula is C24H24N2O3S. The van der Waals surface area contributed by atoms with Gasteiger partial charge in [0.2, 0.25) is 0 Å². The maximum absolute atomic E-state index is 12.9. The summed E-state index contributed by atoms with van der Waals surface area (Å²) in [6.07, 6.45) is 2.96. The van der Waals surface area contributed by atoms with Crippen molar-refractivity contribution in [1.82, 2.24) is 5.32 Å². The van der Waals surface area contributed by atoms with Crippen LogP contribution in [0.3, 0.4) is 0 Å². The van der Waals surface area contributed by atoms with E-state index in [1.807, 2.05) is 18.2 Å². The average molecular weight is 421 g/mol. The summed E-state index contributed by atoms with van der Waals surface area (Å²) in [5.74, 6) is -0.197. The molecule has 0 saturated carbocycles. The van der Waals surface area contributed by atoms with Crippen LogP contribution in [0.4, 0.5) is 5.69 Å². The zero-order chi connectivity index (χ0) is 21.1. The molecule has 6 heteroatoms. The molecule has 0 heterocycles. The van der Waals surface area contributed by atoms with Crippen LogP contribution in [-0.2, 0) is 16.4 Å². The number of amides is 1. The van der Waals surface area contributed by atoms with Gasteiger partial charge < -0.3 is 5.32 Å². The Morgan fingerprint density at radius 3 is 2.33 bits per heavy atom. The summed E-state index contributed by atoms with van der Waals surface area (Å²) in [5.41, 5.74) is 3.47. The number of carbonyl (C=O) groups excluding carboxylic acids is 1. The van der Waals surface area contributed by atoms with Crippen LogP contribution in [0.1, 0.15) is 40.4 Å². The van der Waals surface area contributed by atoms with Crippen molar-refractivity contribution in [3.05, 3.63) is 95.6 Å². The summed E-state index contributed by atoms with van der Waals surface area (Å²) >= 11 is 0. The van der Waals surface area contributed by atoms with E-state index in [0.29, 0.717) is 11.3 Å². The number of fused-ring (bicyclic) bond motifs is 1. The predicted octanol–water partition coefficient (Wildman–Crippen LogP) is 4.32. The summed E-state index contributed by atoms with van der Waals surface area (Å²) in [6.45, 7) is 0. The lowest BCUT2D eigenvalue weighted by molar-refractivity contribution is 0.0932. The highest BCUT2D eigenvalue weighted by atomic mass is 32.2. The molecule has 1 N–H and O–H groups in total. The van der Waals surface area contributed by atoms with Gasteiger partial charge in [-0.05, 0) is 66.8 Å². The normalized spacial score (nSPS) is 15.8. The van der Waals surface area contributed by atoms with Gasteiger partial charge in [0.05, 0.1) is 16.6 Å². The summed E-state index contributed by atoms with van der Waals surface area (Å²) in [4.78, 5) is 12.9. The monoisotopic (exact) mass is 420 g/mol. The molecule has 4 rings (SSSR count). The third kappa shape index (κ3) is 3.96. The van der Waals surface area contributed by atoms with Crippen LogP contribution >= 0.6 is 0 Å². The van der Waals surface area contributed by atoms with Crippen molar-refractivity contribution in [2.75, 3.05) is 11.4 Å². The quantitative estimate of drug-likeness (QED) is 0.669. The molecule has 0 aliphatic heterocycles. The van der Waals surface area contributed by atoms with E-state index < -0.39 is 10.0 Å². The van der Waals surface area contributed by atoms with Crippen LogP contribution in [0.5, 0.6) is 0 Å². The molecule has 1 atom stereocenters. The van der Waals surface area contributed by atoms with E-state index in [4.69, 9.17) is 0 Å². The molecule has 0 aromatic heterocycles. The van der Waals surface area contributed by atoms with Gasteiger partial charge in [-0.2, -0.15) is 0 Å². The topological polar surface area (TPSA) is 66.5 Å². The molecular weight excluding hydrogens is 396 g/mol. The number of para-hydroxylation sites is 1. The Bertz CT molecular complexity index is 1140. The van der Waals surface area contributed by atoms with Crippen molar-refractivity contribution in [3.8, 4) is 0 Å². The minimum Gasteiger partial charge on any atom is -0.345 e. The number of hydrogen-bond acceptors (Lipinski definition) is 3. The maximum atomic E-state index is 12.9. The Balaban J connectivity index is 1.51. The zero-order valence-corrected chi connectivity index (χ0v) is 17.6. The number of nitrogens with zero attached hydrogens (tertiary/aromatic N) is 1. The Kier molecular flexibility index (Phi) is 5.59. The van der Waals surface area contributed by atoms with Crippen molar-refractivity contribution in [2.45, 2.75) is 30.2 Å². The molecule has 0 radical (unpaired) electrons. The zero-order valence-electron chi connectivity index (χ0n) is 16.8. The van der Waals surface area contributed by atoms with E-state index in [2.05, 4.69) is 17.4 Å². The number of carbonyl (C=O) groups is 1. The molecule has 0 saturated heterocycles. The highest BCUT2D eigenvalue weighted by Gasteiger charge is 2.24. The number of aryl methyl sites for hydroxylation is 1. The third-order valence-electron chi connectivity index (χ3n) is 5.57. The molecule has 0 spiro atoms. The third-order valence-corrected chi connectivity index (χ3v) is 7.37. The standard InChI is InChI=1S/C24H24N2O3S/c1-26(20-10-3-2-4-11-20)30(28,29)21-16-14-19(15-17-21)24(27)25-23-13-7-9-18-8-5-6-12-22(18)23/h2-6,8,10-12,14-17,23H,7,9,13H2,1H3,(H,25,27)/t23-/m0/s1. The lowest BCUT2D eigenvalue weighted by Gasteiger charge is -2.26. The Labute approximate surface area is 177 Å². The van der Waals surface area contributed by atoms with Crippen molar-refractivity contribution >= 4 is 21.6 Å². The van der Waals surface area contributed by atoms with Gasteiger partial charge in [-0.1, -0.05) is 42.5 Å². The van der Waals surface area contributed by atoms with E-state index in [1.54, 1.807) is 36.4 Å². The summed E-state index contributed by atoms with van der Waals surface area (Å²) < 4.78 is 27.0. The second-order valence-electron chi connectivity index (χ2n) is 7.45. The fraction of sp³-hybridized carbons (Fsp3) is 0.208. The number of rotatable bonds is 5. The molecule has 5 nitrogen and oxygen atoms in total. The predicted molar refractivity (Wildman–Crippen MR) is 118 cm³/mol. The fourth-order valence-corrected chi connectivity index (χ4v) is 5.05. The van der Waals surface area contributed by atoms with Crippen LogP contribution in [-0.4, -0.2) is 21.4 Å². The number of benzene rings is 3. The molecule has 0 bridgehead atoms. The Morgan fingerprint density at radius 2 is 1.60 bits per heavy atom. The number of hydrogen-bond donors (Lipinski definition) is 1. The first kappa shape index (κ1) is 20.2. The fourth-order valence-electron chi connectivity index (χ4n) is 3.86. The molecule has 3 aromatic carbocycles. The molecule has 30 heavy (non-hydrogen) atoms. The molecule has 1 amide bonds. The highest BCUT2D eigenvalue weighted by molar-refractivity contribution is 7.92. The highest BCUT2D eigenvalue weighted by Crippen LogP contribution is 2.30. The molecule has 3 aromatic rings. The minimum absolute atomic E-state index is 0.0185. The lowest BCUT2D eigenvalue weighted by atomic mass is 9.87. The van der Waals surface area contributed by atoms with Gasteiger partial charge in [-0.3, -0.25) is 9.10 Å². The van der Waals surface area contributed by atoms with Gasteiger partial charge in [-0.15, -0.1) is 0 Å². The van der Waals surface area contributed by atoms with Crippen LogP contribution in [0.15, 0.2) is 83.8 Å². The largest absolute Gasteiger partial charge is 0.345 e. The van der Waals surface area contributed by atoms with E-state index in [1.165, 1.54) is 34.6 Å². The molecule has 1 aliphatic rings. The lowest BCUT2D eigenvalue weighted by Crippen LogP contribution is -2.31. The van der Waals surface area contributed by atoms with Gasteiger partial charge in [-0.25, -0.2) is 8.42 Å². The van der Waals surface area contributed by atoms with E-state index in [0.717, 1.165) is 19.3 Å². The van der Waals surface area contributed by atoms with Crippen LogP contribution in [0.25, 0.3) is 0 Å². The van der Waals surface area contributed by atoms with Gasteiger partial charge in [0.1, 0.15) is 0 Å². The van der Waals surface area contributed by atoms with Gasteiger partial charge in [0.25, 0.3) is 15.9 Å². The van der Waals surface area contributed by atoms with Gasteiger partial charge >= 0.3 is 0 Å². The second-order valence-corrected chi connectivity index (χ2v) is 9.42. The summed E-state index contributed by atoms with van der Waals surface area (Å²) in [7, 11) is -2.18. The van der Waals surface area contributed by atoms with Crippen LogP contribution in [0, 0.1) is 0 Å². The van der Waals surface area contributed by atoms with Crippen LogP contribution in [0.2, 0.25) is 0 Å². The maximum Gasteiger partial charge on any atom is 0.264 e. The van der Waals surface area contributed by atoms with Crippen molar-refractivity contribution in [3.63, 3.8) is 0 Å². The molecule has 0 fully saturated rings. The van der Waals surface area contributed by atoms with Crippen molar-refractivity contribution < 1.29 is 13.2 Å². The number of anilines is 1.